The van der Waals surface area contributed by atoms with E-state index in [4.69, 9.17) is 0 Å². The molecule has 2 aromatic carbocycles. The molecule has 1 nitrogen and oxygen atoms in total. The van der Waals surface area contributed by atoms with Gasteiger partial charge in [-0.25, -0.2) is 0 Å². The van der Waals surface area contributed by atoms with Gasteiger partial charge in [-0.3, -0.25) is 0 Å². The van der Waals surface area contributed by atoms with Crippen LogP contribution in [0, 0.1) is 5.92 Å². The van der Waals surface area contributed by atoms with Crippen LogP contribution in [-0.2, 0) is 5.41 Å². The van der Waals surface area contributed by atoms with Crippen molar-refractivity contribution in [2.45, 2.75) is 47.8 Å². The van der Waals surface area contributed by atoms with E-state index in [0.29, 0.717) is 0 Å². The summed E-state index contributed by atoms with van der Waals surface area (Å²) in [5.41, 5.74) is 3.30. The second-order valence-corrected chi connectivity index (χ2v) is 8.59. The van der Waals surface area contributed by atoms with E-state index in [1.807, 2.05) is 11.8 Å². The van der Waals surface area contributed by atoms with Gasteiger partial charge in [-0.05, 0) is 68.5 Å². The molecule has 0 unspecified atom stereocenters. The van der Waals surface area contributed by atoms with Crippen molar-refractivity contribution in [3.63, 3.8) is 0 Å². The van der Waals surface area contributed by atoms with Gasteiger partial charge in [0.05, 0.1) is 0 Å². The van der Waals surface area contributed by atoms with Crippen molar-refractivity contribution in [2.24, 2.45) is 5.92 Å². The number of rotatable bonds is 3. The fourth-order valence-corrected chi connectivity index (χ4v) is 6.12. The Hall–Kier alpha value is -1.25. The second kappa shape index (κ2) is 6.57. The van der Waals surface area contributed by atoms with Crippen LogP contribution in [0.2, 0.25) is 0 Å². The van der Waals surface area contributed by atoms with E-state index in [2.05, 4.69) is 67.4 Å². The van der Waals surface area contributed by atoms with Gasteiger partial charge in [0.2, 0.25) is 0 Å². The standard InChI is InChI=1S/C22H27NS/c1-3-22(15-17-9-8-14-23(2)16-17)18-10-4-6-12-20(18)24-21-13-7-5-11-19(21)22/h4-7,10-13,17H,3,8-9,14-16H2,1-2H3/t17-/m0/s1. The van der Waals surface area contributed by atoms with Crippen molar-refractivity contribution >= 4 is 11.8 Å². The van der Waals surface area contributed by atoms with Crippen LogP contribution in [0.3, 0.4) is 0 Å². The Morgan fingerprint density at radius 3 is 2.25 bits per heavy atom. The third-order valence-corrected chi connectivity index (χ3v) is 7.14. The molecule has 0 spiro atoms. The van der Waals surface area contributed by atoms with E-state index in [9.17, 15) is 0 Å². The highest BCUT2D eigenvalue weighted by molar-refractivity contribution is 7.99. The number of hydrogen-bond donors (Lipinski definition) is 0. The lowest BCUT2D eigenvalue weighted by Gasteiger charge is -2.44. The van der Waals surface area contributed by atoms with Gasteiger partial charge in [0, 0.05) is 21.8 Å². The Labute approximate surface area is 150 Å². The van der Waals surface area contributed by atoms with E-state index in [1.165, 1.54) is 48.6 Å². The van der Waals surface area contributed by atoms with Crippen molar-refractivity contribution in [2.75, 3.05) is 20.1 Å². The van der Waals surface area contributed by atoms with Crippen LogP contribution in [0.1, 0.15) is 43.7 Å². The molecule has 1 fully saturated rings. The fraction of sp³-hybridized carbons (Fsp3) is 0.455. The molecule has 1 saturated heterocycles. The first-order valence-electron chi connectivity index (χ1n) is 9.28. The van der Waals surface area contributed by atoms with E-state index in [0.717, 1.165) is 5.92 Å². The molecule has 2 heterocycles. The third kappa shape index (κ3) is 2.70. The smallest absolute Gasteiger partial charge is 0.0225 e. The molecule has 24 heavy (non-hydrogen) atoms. The molecule has 0 N–H and O–H groups in total. The molecule has 0 aromatic heterocycles. The lowest BCUT2D eigenvalue weighted by Crippen LogP contribution is -2.39. The van der Waals surface area contributed by atoms with Gasteiger partial charge in [0.25, 0.3) is 0 Å². The molecule has 2 aromatic rings. The molecular formula is C22H27NS. The molecule has 2 heteroatoms. The lowest BCUT2D eigenvalue weighted by atomic mass is 9.66. The predicted octanol–water partition coefficient (Wildman–Crippen LogP) is 5.58. The Morgan fingerprint density at radius 1 is 1.04 bits per heavy atom. The van der Waals surface area contributed by atoms with Crippen LogP contribution in [0.4, 0.5) is 0 Å². The molecule has 0 bridgehead atoms. The minimum Gasteiger partial charge on any atom is -0.306 e. The third-order valence-electron chi connectivity index (χ3n) is 5.99. The summed E-state index contributed by atoms with van der Waals surface area (Å²) in [7, 11) is 2.28. The first-order valence-corrected chi connectivity index (χ1v) is 10.1. The molecule has 0 amide bonds. The van der Waals surface area contributed by atoms with Gasteiger partial charge in [-0.2, -0.15) is 0 Å². The lowest BCUT2D eigenvalue weighted by molar-refractivity contribution is 0.179. The number of benzene rings is 2. The predicted molar refractivity (Wildman–Crippen MR) is 103 cm³/mol. The van der Waals surface area contributed by atoms with Crippen molar-refractivity contribution in [3.8, 4) is 0 Å². The van der Waals surface area contributed by atoms with Crippen molar-refractivity contribution in [1.82, 2.24) is 4.90 Å². The summed E-state index contributed by atoms with van der Waals surface area (Å²) in [5.74, 6) is 0.799. The molecule has 2 aliphatic rings. The van der Waals surface area contributed by atoms with Gasteiger partial charge in [0.15, 0.2) is 0 Å². The van der Waals surface area contributed by atoms with Crippen molar-refractivity contribution in [3.05, 3.63) is 59.7 Å². The van der Waals surface area contributed by atoms with Crippen molar-refractivity contribution < 1.29 is 0 Å². The normalized spacial score (nSPS) is 22.7. The van der Waals surface area contributed by atoms with Crippen LogP contribution in [-0.4, -0.2) is 25.0 Å². The Balaban J connectivity index is 1.80. The van der Waals surface area contributed by atoms with Crippen molar-refractivity contribution in [1.29, 1.82) is 0 Å². The monoisotopic (exact) mass is 337 g/mol. The first kappa shape index (κ1) is 16.2. The summed E-state index contributed by atoms with van der Waals surface area (Å²) in [6.45, 7) is 4.90. The summed E-state index contributed by atoms with van der Waals surface area (Å²) in [6, 6.07) is 18.2. The molecule has 126 valence electrons. The zero-order chi connectivity index (χ0) is 16.6. The summed E-state index contributed by atoms with van der Waals surface area (Å²) in [5, 5.41) is 0. The summed E-state index contributed by atoms with van der Waals surface area (Å²) < 4.78 is 0. The second-order valence-electron chi connectivity index (χ2n) is 7.50. The fourth-order valence-electron chi connectivity index (χ4n) is 4.84. The Kier molecular flexibility index (Phi) is 4.44. The Morgan fingerprint density at radius 2 is 1.67 bits per heavy atom. The number of hydrogen-bond acceptors (Lipinski definition) is 2. The van der Waals surface area contributed by atoms with Gasteiger partial charge in [0.1, 0.15) is 0 Å². The topological polar surface area (TPSA) is 3.24 Å². The minimum atomic E-state index is 0.182. The van der Waals surface area contributed by atoms with Crippen LogP contribution in [0.25, 0.3) is 0 Å². The van der Waals surface area contributed by atoms with Gasteiger partial charge in [-0.1, -0.05) is 55.1 Å². The Bertz CT molecular complexity index is 678. The summed E-state index contributed by atoms with van der Waals surface area (Å²) in [6.07, 6.45) is 5.19. The van der Waals surface area contributed by atoms with Crippen LogP contribution in [0.5, 0.6) is 0 Å². The maximum Gasteiger partial charge on any atom is 0.0225 e. The van der Waals surface area contributed by atoms with Gasteiger partial charge >= 0.3 is 0 Å². The highest BCUT2D eigenvalue weighted by Gasteiger charge is 2.41. The largest absolute Gasteiger partial charge is 0.306 e. The molecule has 1 atom stereocenters. The van der Waals surface area contributed by atoms with Crippen LogP contribution in [0.15, 0.2) is 58.3 Å². The molecular weight excluding hydrogens is 310 g/mol. The maximum absolute atomic E-state index is 2.52. The number of fused-ring (bicyclic) bond motifs is 2. The molecule has 0 saturated carbocycles. The number of likely N-dealkylation sites (tertiary alicyclic amines) is 1. The quantitative estimate of drug-likeness (QED) is 0.719. The van der Waals surface area contributed by atoms with Gasteiger partial charge < -0.3 is 4.90 Å². The average molecular weight is 338 g/mol. The van der Waals surface area contributed by atoms with Gasteiger partial charge in [-0.15, -0.1) is 0 Å². The summed E-state index contributed by atoms with van der Waals surface area (Å²) >= 11 is 1.95. The first-order chi connectivity index (χ1) is 11.7. The molecule has 4 rings (SSSR count). The maximum atomic E-state index is 2.52. The number of piperidine rings is 1. The zero-order valence-corrected chi connectivity index (χ0v) is 15.6. The van der Waals surface area contributed by atoms with E-state index < -0.39 is 0 Å². The van der Waals surface area contributed by atoms with E-state index in [-0.39, 0.29) is 5.41 Å². The van der Waals surface area contributed by atoms with Crippen LogP contribution < -0.4 is 0 Å². The van der Waals surface area contributed by atoms with Crippen LogP contribution >= 0.6 is 11.8 Å². The molecule has 0 aliphatic carbocycles. The molecule has 2 aliphatic heterocycles. The SMILES string of the molecule is CCC1(C[C@@H]2CCCN(C)C2)c2ccccc2Sc2ccccc21. The zero-order valence-electron chi connectivity index (χ0n) is 14.8. The highest BCUT2D eigenvalue weighted by Crippen LogP contribution is 2.53. The number of nitrogens with zero attached hydrogens (tertiary/aromatic N) is 1. The van der Waals surface area contributed by atoms with E-state index >= 15 is 0 Å². The van der Waals surface area contributed by atoms with E-state index in [1.54, 1.807) is 11.1 Å². The highest BCUT2D eigenvalue weighted by atomic mass is 32.2. The average Bonchev–Trinajstić information content (AvgIpc) is 2.61. The summed E-state index contributed by atoms with van der Waals surface area (Å²) in [4.78, 5) is 5.44. The minimum absolute atomic E-state index is 0.182. The molecule has 0 radical (unpaired) electrons.